The maximum absolute atomic E-state index is 12.3. The summed E-state index contributed by atoms with van der Waals surface area (Å²) >= 11 is 1.56. The molecule has 2 N–H and O–H groups in total. The molecule has 1 aromatic heterocycles. The van der Waals surface area contributed by atoms with Crippen molar-refractivity contribution in [1.29, 1.82) is 0 Å². The van der Waals surface area contributed by atoms with Crippen LogP contribution in [-0.2, 0) is 4.79 Å². The molecule has 3 rings (SSSR count). The van der Waals surface area contributed by atoms with Crippen LogP contribution in [0.1, 0.15) is 29.0 Å². The number of carbonyl (C=O) groups is 1. The SMILES string of the molecule is COc1cc(C2SC(C)C(=O)Nc3n[nH]c(C)c32)cc(OC)c1OC. The number of H-pyrrole nitrogens is 1. The van der Waals surface area contributed by atoms with E-state index in [1.165, 1.54) is 0 Å². The normalized spacial score (nSPS) is 19.6. The molecule has 0 spiro atoms. The van der Waals surface area contributed by atoms with Crippen LogP contribution < -0.4 is 19.5 Å². The minimum absolute atomic E-state index is 0.0623. The zero-order valence-corrected chi connectivity index (χ0v) is 15.6. The number of anilines is 1. The van der Waals surface area contributed by atoms with Gasteiger partial charge in [0.2, 0.25) is 11.7 Å². The molecule has 8 heteroatoms. The third-order valence-electron chi connectivity index (χ3n) is 4.20. The molecule has 0 fully saturated rings. The lowest BCUT2D eigenvalue weighted by atomic mass is 10.0. The fraction of sp³-hybridized carbons (Fsp3) is 0.412. The molecule has 0 aliphatic carbocycles. The first-order chi connectivity index (χ1) is 12.0. The first-order valence-electron chi connectivity index (χ1n) is 7.81. The van der Waals surface area contributed by atoms with E-state index in [2.05, 4.69) is 15.5 Å². The lowest BCUT2D eigenvalue weighted by molar-refractivity contribution is -0.115. The Labute approximate surface area is 150 Å². The Morgan fingerprint density at radius 1 is 1.12 bits per heavy atom. The number of aryl methyl sites for hydroxylation is 1. The number of amides is 1. The number of hydrogen-bond acceptors (Lipinski definition) is 6. The summed E-state index contributed by atoms with van der Waals surface area (Å²) in [5.74, 6) is 2.21. The monoisotopic (exact) mass is 363 g/mol. The number of nitrogens with one attached hydrogen (secondary N) is 2. The molecule has 1 aromatic carbocycles. The van der Waals surface area contributed by atoms with Gasteiger partial charge in [-0.25, -0.2) is 0 Å². The molecule has 2 unspecified atom stereocenters. The lowest BCUT2D eigenvalue weighted by Crippen LogP contribution is -2.21. The highest BCUT2D eigenvalue weighted by atomic mass is 32.2. The molecule has 1 aliphatic heterocycles. The smallest absolute Gasteiger partial charge is 0.238 e. The Hall–Kier alpha value is -2.35. The van der Waals surface area contributed by atoms with Crippen molar-refractivity contribution in [1.82, 2.24) is 10.2 Å². The second-order valence-electron chi connectivity index (χ2n) is 5.72. The van der Waals surface area contributed by atoms with Crippen molar-refractivity contribution in [3.8, 4) is 17.2 Å². The molecule has 2 aromatic rings. The molecule has 7 nitrogen and oxygen atoms in total. The van der Waals surface area contributed by atoms with E-state index >= 15 is 0 Å². The van der Waals surface area contributed by atoms with Gasteiger partial charge in [-0.1, -0.05) is 0 Å². The van der Waals surface area contributed by atoms with Crippen LogP contribution >= 0.6 is 11.8 Å². The maximum atomic E-state index is 12.3. The number of aromatic nitrogens is 2. The van der Waals surface area contributed by atoms with Crippen molar-refractivity contribution < 1.29 is 19.0 Å². The van der Waals surface area contributed by atoms with Crippen LogP contribution in [0.2, 0.25) is 0 Å². The second-order valence-corrected chi connectivity index (χ2v) is 7.17. The van der Waals surface area contributed by atoms with Gasteiger partial charge in [-0.2, -0.15) is 5.10 Å². The van der Waals surface area contributed by atoms with Crippen molar-refractivity contribution >= 4 is 23.5 Å². The number of hydrogen-bond donors (Lipinski definition) is 2. The predicted octanol–water partition coefficient (Wildman–Crippen LogP) is 2.91. The average Bonchev–Trinajstić information content (AvgIpc) is 2.91. The number of aromatic amines is 1. The van der Waals surface area contributed by atoms with E-state index in [-0.39, 0.29) is 16.4 Å². The van der Waals surface area contributed by atoms with Gasteiger partial charge in [-0.15, -0.1) is 11.8 Å². The van der Waals surface area contributed by atoms with Crippen LogP contribution in [0.4, 0.5) is 5.82 Å². The Kier molecular flexibility index (Phi) is 4.80. The fourth-order valence-corrected chi connectivity index (χ4v) is 4.21. The van der Waals surface area contributed by atoms with Gasteiger partial charge in [0.05, 0.1) is 31.8 Å². The second kappa shape index (κ2) is 6.87. The third kappa shape index (κ3) is 3.02. The summed E-state index contributed by atoms with van der Waals surface area (Å²) in [6.45, 7) is 3.83. The highest BCUT2D eigenvalue weighted by Gasteiger charge is 2.33. The summed E-state index contributed by atoms with van der Waals surface area (Å²) in [6.07, 6.45) is 0. The number of benzene rings is 1. The molecule has 1 aliphatic rings. The average molecular weight is 363 g/mol. The molecule has 0 radical (unpaired) electrons. The summed E-state index contributed by atoms with van der Waals surface area (Å²) in [4.78, 5) is 12.3. The largest absolute Gasteiger partial charge is 0.493 e. The van der Waals surface area contributed by atoms with E-state index in [1.54, 1.807) is 33.1 Å². The minimum Gasteiger partial charge on any atom is -0.493 e. The van der Waals surface area contributed by atoms with E-state index < -0.39 is 0 Å². The van der Waals surface area contributed by atoms with Gasteiger partial charge in [0.25, 0.3) is 0 Å². The van der Waals surface area contributed by atoms with Crippen LogP contribution in [0.5, 0.6) is 17.2 Å². The number of fused-ring (bicyclic) bond motifs is 1. The van der Waals surface area contributed by atoms with Crippen molar-refractivity contribution in [2.24, 2.45) is 0 Å². The van der Waals surface area contributed by atoms with Crippen molar-refractivity contribution in [3.05, 3.63) is 29.0 Å². The molecular weight excluding hydrogens is 342 g/mol. The summed E-state index contributed by atoms with van der Waals surface area (Å²) in [6, 6.07) is 3.83. The van der Waals surface area contributed by atoms with Gasteiger partial charge in [-0.3, -0.25) is 9.89 Å². The topological polar surface area (TPSA) is 85.5 Å². The van der Waals surface area contributed by atoms with Crippen LogP contribution in [-0.4, -0.2) is 42.7 Å². The molecule has 2 heterocycles. The number of methoxy groups -OCH3 is 3. The van der Waals surface area contributed by atoms with Crippen LogP contribution in [0.15, 0.2) is 12.1 Å². The van der Waals surface area contributed by atoms with Gasteiger partial charge in [0.1, 0.15) is 0 Å². The molecule has 0 saturated carbocycles. The molecule has 134 valence electrons. The highest BCUT2D eigenvalue weighted by molar-refractivity contribution is 8.01. The minimum atomic E-state index is -0.224. The van der Waals surface area contributed by atoms with Crippen molar-refractivity contribution in [2.45, 2.75) is 24.3 Å². The molecule has 0 saturated heterocycles. The first kappa shape index (κ1) is 17.5. The van der Waals surface area contributed by atoms with E-state index in [9.17, 15) is 4.79 Å². The molecule has 2 atom stereocenters. The summed E-state index contributed by atoms with van der Waals surface area (Å²) < 4.78 is 16.3. The van der Waals surface area contributed by atoms with E-state index in [4.69, 9.17) is 14.2 Å². The zero-order valence-electron chi connectivity index (χ0n) is 14.8. The first-order valence-corrected chi connectivity index (χ1v) is 8.75. The van der Waals surface area contributed by atoms with Crippen molar-refractivity contribution in [2.75, 3.05) is 26.6 Å². The van der Waals surface area contributed by atoms with Gasteiger partial charge >= 0.3 is 0 Å². The Morgan fingerprint density at radius 2 is 1.76 bits per heavy atom. The number of rotatable bonds is 4. The van der Waals surface area contributed by atoms with Gasteiger partial charge in [0.15, 0.2) is 17.3 Å². The standard InChI is InChI=1S/C17H21N3O4S/c1-8-13-15(25-9(2)17(21)18-16(13)20-19-8)10-6-11(22-3)14(24-5)12(7-10)23-4/h6-7,9,15H,1-5H3,(H2,18,19,20,21). The summed E-state index contributed by atoms with van der Waals surface area (Å²) in [5, 5.41) is 9.75. The third-order valence-corrected chi connectivity index (χ3v) is 5.60. The molecule has 25 heavy (non-hydrogen) atoms. The lowest BCUT2D eigenvalue weighted by Gasteiger charge is -2.20. The highest BCUT2D eigenvalue weighted by Crippen LogP contribution is 2.48. The zero-order chi connectivity index (χ0) is 18.1. The van der Waals surface area contributed by atoms with Gasteiger partial charge in [-0.05, 0) is 31.5 Å². The quantitative estimate of drug-likeness (QED) is 0.869. The number of ether oxygens (including phenoxy) is 3. The number of thioether (sulfide) groups is 1. The van der Waals surface area contributed by atoms with Crippen LogP contribution in [0.25, 0.3) is 0 Å². The number of nitrogens with zero attached hydrogens (tertiary/aromatic N) is 1. The molecule has 0 bridgehead atoms. The van der Waals surface area contributed by atoms with Crippen LogP contribution in [0, 0.1) is 6.92 Å². The van der Waals surface area contributed by atoms with Gasteiger partial charge in [0, 0.05) is 11.3 Å². The summed E-state index contributed by atoms with van der Waals surface area (Å²) in [5.41, 5.74) is 2.82. The molecular formula is C17H21N3O4S. The molecule has 1 amide bonds. The Bertz CT molecular complexity index is 780. The van der Waals surface area contributed by atoms with E-state index in [0.717, 1.165) is 16.8 Å². The van der Waals surface area contributed by atoms with Crippen molar-refractivity contribution in [3.63, 3.8) is 0 Å². The maximum Gasteiger partial charge on any atom is 0.238 e. The van der Waals surface area contributed by atoms with E-state index in [0.29, 0.717) is 23.1 Å². The van der Waals surface area contributed by atoms with Crippen LogP contribution in [0.3, 0.4) is 0 Å². The van der Waals surface area contributed by atoms with Gasteiger partial charge < -0.3 is 19.5 Å². The Balaban J connectivity index is 2.17. The Morgan fingerprint density at radius 3 is 2.32 bits per heavy atom. The fourth-order valence-electron chi connectivity index (χ4n) is 2.90. The van der Waals surface area contributed by atoms with E-state index in [1.807, 2.05) is 26.0 Å². The number of carbonyl (C=O) groups excluding carboxylic acids is 1. The summed E-state index contributed by atoms with van der Waals surface area (Å²) in [7, 11) is 4.75. The predicted molar refractivity (Wildman–Crippen MR) is 96.9 cm³/mol.